The van der Waals surface area contributed by atoms with Gasteiger partial charge >= 0.3 is 0 Å². The van der Waals surface area contributed by atoms with Crippen molar-refractivity contribution in [3.63, 3.8) is 0 Å². The fraction of sp³-hybridized carbons (Fsp3) is 0.263. The molecule has 3 aromatic rings. The number of rotatable bonds is 2. The molecule has 1 aromatic carbocycles. The monoisotopic (exact) mass is 289 g/mol. The minimum Gasteiger partial charge on any atom is -0.302 e. The zero-order valence-electron chi connectivity index (χ0n) is 13.4. The van der Waals surface area contributed by atoms with Crippen molar-refractivity contribution >= 4 is 5.65 Å². The lowest BCUT2D eigenvalue weighted by Crippen LogP contribution is -1.99. The summed E-state index contributed by atoms with van der Waals surface area (Å²) >= 11 is 0. The van der Waals surface area contributed by atoms with Crippen molar-refractivity contribution in [2.24, 2.45) is 0 Å². The van der Waals surface area contributed by atoms with Gasteiger partial charge in [0.25, 0.3) is 0 Å². The molecule has 0 amide bonds. The predicted molar refractivity (Wildman–Crippen MR) is 88.9 cm³/mol. The van der Waals surface area contributed by atoms with Gasteiger partial charge in [0.2, 0.25) is 0 Å². The van der Waals surface area contributed by atoms with Crippen LogP contribution in [0, 0.1) is 32.1 Å². The maximum absolute atomic E-state index is 9.41. The molecule has 0 saturated heterocycles. The molecule has 0 N–H and O–H groups in total. The van der Waals surface area contributed by atoms with Gasteiger partial charge in [-0.15, -0.1) is 0 Å². The minimum absolute atomic E-state index is 0.214. The Morgan fingerprint density at radius 3 is 2.55 bits per heavy atom. The van der Waals surface area contributed by atoms with Crippen molar-refractivity contribution in [3.05, 3.63) is 58.9 Å². The Bertz CT molecular complexity index is 897. The van der Waals surface area contributed by atoms with Crippen molar-refractivity contribution in [2.45, 2.75) is 33.6 Å². The van der Waals surface area contributed by atoms with E-state index in [9.17, 15) is 5.26 Å². The van der Waals surface area contributed by atoms with Crippen LogP contribution in [0.4, 0.5) is 0 Å². The molecule has 0 saturated carbocycles. The summed E-state index contributed by atoms with van der Waals surface area (Å²) < 4.78 is 2.05. The molecule has 3 nitrogen and oxygen atoms in total. The van der Waals surface area contributed by atoms with Crippen molar-refractivity contribution in [1.82, 2.24) is 9.38 Å². The van der Waals surface area contributed by atoms with Gasteiger partial charge in [0.15, 0.2) is 0 Å². The van der Waals surface area contributed by atoms with E-state index in [2.05, 4.69) is 38.1 Å². The van der Waals surface area contributed by atoms with Crippen LogP contribution in [0.15, 0.2) is 36.5 Å². The maximum atomic E-state index is 9.41. The Balaban J connectivity index is 2.35. The summed E-state index contributed by atoms with van der Waals surface area (Å²) in [6.07, 6.45) is 1.99. The summed E-state index contributed by atoms with van der Waals surface area (Å²) in [4.78, 5) is 4.83. The van der Waals surface area contributed by atoms with Crippen LogP contribution in [-0.2, 0) is 0 Å². The normalized spacial score (nSPS) is 12.3. The first kappa shape index (κ1) is 14.3. The number of hydrogen-bond acceptors (Lipinski definition) is 2. The number of pyridine rings is 1. The van der Waals surface area contributed by atoms with E-state index < -0.39 is 0 Å². The fourth-order valence-electron chi connectivity index (χ4n) is 2.80. The molecule has 110 valence electrons. The van der Waals surface area contributed by atoms with Crippen molar-refractivity contribution in [3.8, 4) is 17.3 Å². The average molecular weight is 289 g/mol. The molecule has 0 bridgehead atoms. The highest BCUT2D eigenvalue weighted by molar-refractivity contribution is 5.70. The van der Waals surface area contributed by atoms with Crippen LogP contribution in [0.2, 0.25) is 0 Å². The van der Waals surface area contributed by atoms with E-state index in [0.29, 0.717) is 0 Å². The summed E-state index contributed by atoms with van der Waals surface area (Å²) in [5.74, 6) is -0.214. The van der Waals surface area contributed by atoms with Gasteiger partial charge < -0.3 is 4.40 Å². The number of nitrogens with zero attached hydrogens (tertiary/aromatic N) is 3. The molecule has 0 radical (unpaired) electrons. The van der Waals surface area contributed by atoms with Crippen molar-refractivity contribution in [1.29, 1.82) is 5.26 Å². The molecule has 1 unspecified atom stereocenters. The van der Waals surface area contributed by atoms with Crippen LogP contribution in [0.1, 0.15) is 35.2 Å². The highest BCUT2D eigenvalue weighted by Gasteiger charge is 2.20. The van der Waals surface area contributed by atoms with E-state index in [1.54, 1.807) is 0 Å². The van der Waals surface area contributed by atoms with Gasteiger partial charge in [-0.3, -0.25) is 0 Å². The van der Waals surface area contributed by atoms with Crippen molar-refractivity contribution < 1.29 is 0 Å². The number of aryl methyl sites for hydroxylation is 3. The topological polar surface area (TPSA) is 41.1 Å². The van der Waals surface area contributed by atoms with E-state index in [-0.39, 0.29) is 5.92 Å². The van der Waals surface area contributed by atoms with Gasteiger partial charge in [0.05, 0.1) is 23.4 Å². The van der Waals surface area contributed by atoms with E-state index in [1.165, 1.54) is 11.1 Å². The molecular weight excluding hydrogens is 270 g/mol. The first-order valence-electron chi connectivity index (χ1n) is 7.47. The number of benzene rings is 1. The molecule has 0 aliphatic heterocycles. The summed E-state index contributed by atoms with van der Waals surface area (Å²) in [7, 11) is 0. The smallest absolute Gasteiger partial charge is 0.140 e. The molecule has 22 heavy (non-hydrogen) atoms. The van der Waals surface area contributed by atoms with Crippen LogP contribution in [0.25, 0.3) is 16.9 Å². The number of nitriles is 1. The molecule has 3 rings (SSSR count). The maximum Gasteiger partial charge on any atom is 0.140 e. The van der Waals surface area contributed by atoms with Gasteiger partial charge in [-0.25, -0.2) is 4.98 Å². The third kappa shape index (κ3) is 2.17. The molecule has 2 heterocycles. The van der Waals surface area contributed by atoms with E-state index >= 15 is 0 Å². The van der Waals surface area contributed by atoms with Gasteiger partial charge in [-0.2, -0.15) is 5.26 Å². The Kier molecular flexibility index (Phi) is 3.46. The molecule has 2 aromatic heterocycles. The zero-order chi connectivity index (χ0) is 15.9. The summed E-state index contributed by atoms with van der Waals surface area (Å²) in [6, 6.07) is 12.8. The molecule has 0 aliphatic rings. The third-order valence-electron chi connectivity index (χ3n) is 4.27. The number of aromatic nitrogens is 2. The lowest BCUT2D eigenvalue weighted by Gasteiger charge is -2.08. The van der Waals surface area contributed by atoms with Gasteiger partial charge in [-0.1, -0.05) is 18.2 Å². The average Bonchev–Trinajstić information content (AvgIpc) is 2.90. The van der Waals surface area contributed by atoms with E-state index in [4.69, 9.17) is 4.98 Å². The lowest BCUT2D eigenvalue weighted by molar-refractivity contribution is 0.898. The van der Waals surface area contributed by atoms with Gasteiger partial charge in [-0.05, 0) is 56.5 Å². The van der Waals surface area contributed by atoms with Crippen LogP contribution in [0.5, 0.6) is 0 Å². The molecule has 0 aliphatic carbocycles. The molecule has 3 heteroatoms. The zero-order valence-corrected chi connectivity index (χ0v) is 13.4. The van der Waals surface area contributed by atoms with E-state index in [0.717, 1.165) is 28.2 Å². The quantitative estimate of drug-likeness (QED) is 0.694. The third-order valence-corrected chi connectivity index (χ3v) is 4.27. The number of imidazole rings is 1. The highest BCUT2D eigenvalue weighted by Crippen LogP contribution is 2.31. The lowest BCUT2D eigenvalue weighted by atomic mass is 9.99. The Labute approximate surface area is 130 Å². The minimum atomic E-state index is -0.214. The standard InChI is InChI=1S/C19H19N3/c1-12-7-8-16(10-14(12)3)17-18(15(4)11-20)22-9-5-6-13(2)19(22)21-17/h5-10,15H,1-4H3. The molecular formula is C19H19N3. The predicted octanol–water partition coefficient (Wildman–Crippen LogP) is 4.55. The highest BCUT2D eigenvalue weighted by atomic mass is 15.0. The molecule has 0 spiro atoms. The second-order valence-electron chi connectivity index (χ2n) is 5.88. The van der Waals surface area contributed by atoms with Gasteiger partial charge in [0, 0.05) is 11.8 Å². The second-order valence-corrected chi connectivity index (χ2v) is 5.88. The van der Waals surface area contributed by atoms with Crippen LogP contribution >= 0.6 is 0 Å². The van der Waals surface area contributed by atoms with Crippen LogP contribution in [0.3, 0.4) is 0 Å². The largest absolute Gasteiger partial charge is 0.302 e. The Morgan fingerprint density at radius 2 is 1.86 bits per heavy atom. The number of hydrogen-bond donors (Lipinski definition) is 0. The molecule has 0 fully saturated rings. The Hall–Kier alpha value is -2.60. The van der Waals surface area contributed by atoms with E-state index in [1.807, 2.05) is 36.6 Å². The Morgan fingerprint density at radius 1 is 1.09 bits per heavy atom. The summed E-state index contributed by atoms with van der Waals surface area (Å²) in [6.45, 7) is 8.18. The first-order valence-corrected chi connectivity index (χ1v) is 7.47. The van der Waals surface area contributed by atoms with Gasteiger partial charge in [0.1, 0.15) is 5.65 Å². The first-order chi connectivity index (χ1) is 10.5. The van der Waals surface area contributed by atoms with Crippen molar-refractivity contribution in [2.75, 3.05) is 0 Å². The fourth-order valence-corrected chi connectivity index (χ4v) is 2.80. The molecule has 1 atom stereocenters. The van der Waals surface area contributed by atoms with Crippen LogP contribution < -0.4 is 0 Å². The summed E-state index contributed by atoms with van der Waals surface area (Å²) in [5.41, 5.74) is 7.48. The SMILES string of the molecule is Cc1ccc(-c2nc3c(C)cccn3c2C(C)C#N)cc1C. The number of fused-ring (bicyclic) bond motifs is 1. The summed E-state index contributed by atoms with van der Waals surface area (Å²) in [5, 5.41) is 9.41. The van der Waals surface area contributed by atoms with Crippen LogP contribution in [-0.4, -0.2) is 9.38 Å². The second kappa shape index (κ2) is 5.31.